The van der Waals surface area contributed by atoms with Gasteiger partial charge in [0, 0.05) is 9.75 Å². The minimum absolute atomic E-state index is 0.00951. The van der Waals surface area contributed by atoms with E-state index in [1.165, 1.54) is 0 Å². The molecule has 0 radical (unpaired) electrons. The maximum atomic E-state index is 5.89. The van der Waals surface area contributed by atoms with Gasteiger partial charge in [0.05, 0.1) is 40.6 Å². The second-order valence-electron chi connectivity index (χ2n) is 8.75. The van der Waals surface area contributed by atoms with Gasteiger partial charge < -0.3 is 28.4 Å². The molecule has 0 saturated heterocycles. The highest BCUT2D eigenvalue weighted by Crippen LogP contribution is 2.41. The third kappa shape index (κ3) is 7.46. The zero-order chi connectivity index (χ0) is 26.9. The van der Waals surface area contributed by atoms with E-state index < -0.39 is 0 Å². The number of methoxy groups -OCH3 is 4. The highest BCUT2D eigenvalue weighted by atomic mass is 32.1. The zero-order valence-corrected chi connectivity index (χ0v) is 23.6. The summed E-state index contributed by atoms with van der Waals surface area (Å²) in [6.45, 7) is 7.88. The summed E-state index contributed by atoms with van der Waals surface area (Å²) in [7, 11) is 6.51. The summed E-state index contributed by atoms with van der Waals surface area (Å²) in [6.07, 6.45) is 8.23. The molecule has 0 atom stereocenters. The van der Waals surface area contributed by atoms with Crippen LogP contribution >= 0.6 is 11.3 Å². The average molecular weight is 525 g/mol. The van der Waals surface area contributed by atoms with E-state index in [-0.39, 0.29) is 12.2 Å². The molecule has 0 spiro atoms. The van der Waals surface area contributed by atoms with Crippen LogP contribution in [0.3, 0.4) is 0 Å². The van der Waals surface area contributed by atoms with Crippen molar-refractivity contribution < 1.29 is 28.4 Å². The molecule has 0 aliphatic rings. The molecular weight excluding hydrogens is 488 g/mol. The smallest absolute Gasteiger partial charge is 0.203 e. The number of benzene rings is 2. The van der Waals surface area contributed by atoms with Gasteiger partial charge in [0.25, 0.3) is 0 Å². The lowest BCUT2D eigenvalue weighted by molar-refractivity contribution is 0.218. The largest absolute Gasteiger partial charge is 0.493 e. The summed E-state index contributed by atoms with van der Waals surface area (Å²) >= 11 is 1.69. The van der Waals surface area contributed by atoms with Gasteiger partial charge in [-0.1, -0.05) is 12.2 Å². The third-order valence-corrected chi connectivity index (χ3v) is 6.22. The summed E-state index contributed by atoms with van der Waals surface area (Å²) in [5.41, 5.74) is 1.91. The van der Waals surface area contributed by atoms with Crippen LogP contribution in [0.1, 0.15) is 48.6 Å². The second kappa shape index (κ2) is 13.1. The fraction of sp³-hybridized carbons (Fsp3) is 0.333. The number of ether oxygens (including phenoxy) is 6. The molecule has 0 bridgehead atoms. The summed E-state index contributed by atoms with van der Waals surface area (Å²) in [6, 6.07) is 12.0. The molecule has 3 aromatic rings. The fourth-order valence-corrected chi connectivity index (χ4v) is 4.42. The summed E-state index contributed by atoms with van der Waals surface area (Å²) < 4.78 is 34.0. The Labute approximate surface area is 224 Å². The van der Waals surface area contributed by atoms with Gasteiger partial charge in [-0.25, -0.2) is 0 Å². The van der Waals surface area contributed by atoms with Gasteiger partial charge in [0.1, 0.15) is 0 Å². The number of hydrogen-bond donors (Lipinski definition) is 0. The van der Waals surface area contributed by atoms with Crippen molar-refractivity contribution in [2.45, 2.75) is 39.9 Å². The lowest BCUT2D eigenvalue weighted by atomic mass is 10.1. The maximum absolute atomic E-state index is 5.89. The van der Waals surface area contributed by atoms with E-state index in [9.17, 15) is 0 Å². The van der Waals surface area contributed by atoms with Crippen LogP contribution in [0.4, 0.5) is 0 Å². The highest BCUT2D eigenvalue weighted by molar-refractivity contribution is 7.13. The van der Waals surface area contributed by atoms with Crippen molar-refractivity contribution in [1.29, 1.82) is 0 Å². The van der Waals surface area contributed by atoms with Crippen molar-refractivity contribution in [3.63, 3.8) is 0 Å². The molecule has 1 aromatic heterocycles. The van der Waals surface area contributed by atoms with E-state index in [1.807, 2.05) is 64.1 Å². The van der Waals surface area contributed by atoms with Crippen molar-refractivity contribution in [3.05, 3.63) is 57.3 Å². The van der Waals surface area contributed by atoms with Crippen LogP contribution in [0.5, 0.6) is 34.5 Å². The van der Waals surface area contributed by atoms with E-state index in [4.69, 9.17) is 28.4 Å². The highest BCUT2D eigenvalue weighted by Gasteiger charge is 2.16. The third-order valence-electron chi connectivity index (χ3n) is 5.20. The van der Waals surface area contributed by atoms with Crippen LogP contribution in [-0.4, -0.2) is 40.6 Å². The van der Waals surface area contributed by atoms with Crippen molar-refractivity contribution in [1.82, 2.24) is 0 Å². The van der Waals surface area contributed by atoms with Gasteiger partial charge in [0.15, 0.2) is 23.0 Å². The molecule has 198 valence electrons. The Bertz CT molecular complexity index is 1090. The van der Waals surface area contributed by atoms with Crippen LogP contribution < -0.4 is 28.4 Å². The van der Waals surface area contributed by atoms with Crippen LogP contribution in [0.25, 0.3) is 24.3 Å². The van der Waals surface area contributed by atoms with Crippen molar-refractivity contribution in [2.75, 3.05) is 28.4 Å². The molecule has 0 amide bonds. The Morgan fingerprint density at radius 2 is 0.865 bits per heavy atom. The minimum atomic E-state index is 0.00951. The molecule has 0 aliphatic heterocycles. The van der Waals surface area contributed by atoms with E-state index in [1.54, 1.807) is 39.8 Å². The molecule has 1 heterocycles. The molecule has 37 heavy (non-hydrogen) atoms. The summed E-state index contributed by atoms with van der Waals surface area (Å²) in [5, 5.41) is 0. The Kier molecular flexibility index (Phi) is 9.92. The molecule has 0 unspecified atom stereocenters. The zero-order valence-electron chi connectivity index (χ0n) is 22.8. The summed E-state index contributed by atoms with van der Waals surface area (Å²) in [4.78, 5) is 2.24. The first-order valence-electron chi connectivity index (χ1n) is 12.1. The average Bonchev–Trinajstić information content (AvgIpc) is 3.34. The molecule has 0 N–H and O–H groups in total. The standard InChI is InChI=1S/C30H36O6S/c1-19(2)35-29-25(31-5)15-21(16-26(29)32-6)9-11-23-13-14-24(37-23)12-10-22-17-27(33-7)30(36-20(3)4)28(18-22)34-8/h9-20H,1-8H3. The normalized spacial score (nSPS) is 11.5. The number of rotatable bonds is 12. The Morgan fingerprint density at radius 1 is 0.541 bits per heavy atom. The topological polar surface area (TPSA) is 55.4 Å². The Morgan fingerprint density at radius 3 is 1.14 bits per heavy atom. The lowest BCUT2D eigenvalue weighted by Gasteiger charge is -2.17. The molecular formula is C30H36O6S. The first-order valence-corrected chi connectivity index (χ1v) is 12.9. The van der Waals surface area contributed by atoms with Gasteiger partial charge in [0.2, 0.25) is 11.5 Å². The van der Waals surface area contributed by atoms with Crippen LogP contribution in [0.15, 0.2) is 36.4 Å². The molecule has 2 aromatic carbocycles. The van der Waals surface area contributed by atoms with E-state index in [0.29, 0.717) is 34.5 Å². The fourth-order valence-electron chi connectivity index (χ4n) is 3.60. The maximum Gasteiger partial charge on any atom is 0.203 e. The van der Waals surface area contributed by atoms with Gasteiger partial charge >= 0.3 is 0 Å². The first kappa shape index (κ1) is 28.0. The molecule has 0 aliphatic carbocycles. The van der Waals surface area contributed by atoms with Gasteiger partial charge in [-0.2, -0.15) is 0 Å². The quantitative estimate of drug-likeness (QED) is 0.242. The predicted molar refractivity (Wildman–Crippen MR) is 153 cm³/mol. The van der Waals surface area contributed by atoms with Gasteiger partial charge in [-0.3, -0.25) is 0 Å². The van der Waals surface area contributed by atoms with Crippen LogP contribution in [0, 0.1) is 0 Å². The van der Waals surface area contributed by atoms with Crippen LogP contribution in [-0.2, 0) is 0 Å². The van der Waals surface area contributed by atoms with E-state index in [2.05, 4.69) is 24.3 Å². The monoisotopic (exact) mass is 524 g/mol. The minimum Gasteiger partial charge on any atom is -0.493 e. The van der Waals surface area contributed by atoms with Crippen molar-refractivity contribution in [3.8, 4) is 34.5 Å². The Balaban J connectivity index is 1.80. The molecule has 3 rings (SSSR count). The molecule has 0 fully saturated rings. The summed E-state index contributed by atoms with van der Waals surface area (Å²) in [5.74, 6) is 3.77. The second-order valence-corrected chi connectivity index (χ2v) is 9.90. The van der Waals surface area contributed by atoms with Crippen molar-refractivity contribution in [2.24, 2.45) is 0 Å². The molecule has 7 heteroatoms. The van der Waals surface area contributed by atoms with E-state index >= 15 is 0 Å². The van der Waals surface area contributed by atoms with Crippen LogP contribution in [0.2, 0.25) is 0 Å². The van der Waals surface area contributed by atoms with Gasteiger partial charge in [-0.05, 0) is 87.4 Å². The van der Waals surface area contributed by atoms with Gasteiger partial charge in [-0.15, -0.1) is 11.3 Å². The first-order chi connectivity index (χ1) is 17.8. The SMILES string of the molecule is COc1cc(C=Cc2ccc(C=Cc3cc(OC)c(OC(C)C)c(OC)c3)s2)cc(OC)c1OC(C)C. The van der Waals surface area contributed by atoms with Crippen molar-refractivity contribution >= 4 is 35.6 Å². The lowest BCUT2D eigenvalue weighted by Crippen LogP contribution is -2.08. The number of thiophene rings is 1. The molecule has 0 saturated carbocycles. The molecule has 6 nitrogen and oxygen atoms in total. The number of hydrogen-bond acceptors (Lipinski definition) is 7. The Hall–Kier alpha value is -3.58. The predicted octanol–water partition coefficient (Wildman–Crippen LogP) is 7.70. The van der Waals surface area contributed by atoms with E-state index in [0.717, 1.165) is 20.9 Å².